The number of hydrogen-bond acceptors (Lipinski definition) is 2. The van der Waals surface area contributed by atoms with E-state index in [4.69, 9.17) is 23.2 Å². The van der Waals surface area contributed by atoms with Crippen LogP contribution < -0.4 is 5.32 Å². The van der Waals surface area contributed by atoms with Crippen LogP contribution in [0.3, 0.4) is 0 Å². The topological polar surface area (TPSA) is 49.4 Å². The van der Waals surface area contributed by atoms with E-state index >= 15 is 0 Å². The van der Waals surface area contributed by atoms with Crippen molar-refractivity contribution in [1.82, 2.24) is 10.2 Å². The largest absolute Gasteiger partial charge is 0.352 e. The first-order valence-electron chi connectivity index (χ1n) is 10.1. The van der Waals surface area contributed by atoms with E-state index in [2.05, 4.69) is 5.32 Å². The van der Waals surface area contributed by atoms with Crippen LogP contribution in [0.2, 0.25) is 10.0 Å². The van der Waals surface area contributed by atoms with E-state index in [1.54, 1.807) is 37.3 Å². The van der Waals surface area contributed by atoms with Gasteiger partial charge in [-0.2, -0.15) is 0 Å². The molecule has 0 saturated heterocycles. The summed E-state index contributed by atoms with van der Waals surface area (Å²) in [6.45, 7) is 1.89. The Labute approximate surface area is 186 Å². The van der Waals surface area contributed by atoms with E-state index in [0.29, 0.717) is 21.2 Å². The van der Waals surface area contributed by atoms with Gasteiger partial charge in [0.25, 0.3) is 0 Å². The van der Waals surface area contributed by atoms with Gasteiger partial charge in [-0.05, 0) is 55.2 Å². The van der Waals surface area contributed by atoms with Crippen molar-refractivity contribution in [3.63, 3.8) is 0 Å². The van der Waals surface area contributed by atoms with Gasteiger partial charge >= 0.3 is 0 Å². The molecular formula is C23H25Cl2FN2O2. The van der Waals surface area contributed by atoms with Gasteiger partial charge in [0, 0.05) is 22.6 Å². The Morgan fingerprint density at radius 1 is 1.13 bits per heavy atom. The summed E-state index contributed by atoms with van der Waals surface area (Å²) in [7, 11) is 0. The van der Waals surface area contributed by atoms with Crippen molar-refractivity contribution in [1.29, 1.82) is 0 Å². The first kappa shape index (κ1) is 22.6. The zero-order valence-corrected chi connectivity index (χ0v) is 18.3. The van der Waals surface area contributed by atoms with E-state index in [0.717, 1.165) is 25.7 Å². The predicted octanol–water partition coefficient (Wildman–Crippen LogP) is 5.15. The van der Waals surface area contributed by atoms with E-state index in [-0.39, 0.29) is 36.6 Å². The number of nitrogens with zero attached hydrogens (tertiary/aromatic N) is 1. The van der Waals surface area contributed by atoms with Gasteiger partial charge in [0.1, 0.15) is 11.9 Å². The third kappa shape index (κ3) is 5.96. The molecule has 1 aliphatic rings. The van der Waals surface area contributed by atoms with Crippen LogP contribution in [0.5, 0.6) is 0 Å². The zero-order valence-electron chi connectivity index (χ0n) is 16.8. The average Bonchev–Trinajstić information content (AvgIpc) is 3.21. The zero-order chi connectivity index (χ0) is 21.7. The first-order chi connectivity index (χ1) is 14.3. The fourth-order valence-electron chi connectivity index (χ4n) is 3.69. The first-order valence-corrected chi connectivity index (χ1v) is 10.9. The molecule has 0 radical (unpaired) electrons. The van der Waals surface area contributed by atoms with Crippen molar-refractivity contribution in [3.8, 4) is 0 Å². The van der Waals surface area contributed by atoms with Crippen molar-refractivity contribution in [3.05, 3.63) is 69.5 Å². The predicted molar refractivity (Wildman–Crippen MR) is 117 cm³/mol. The minimum absolute atomic E-state index is 0.0620. The van der Waals surface area contributed by atoms with Gasteiger partial charge in [-0.25, -0.2) is 4.39 Å². The number of nitrogens with one attached hydrogen (secondary N) is 1. The molecule has 1 N–H and O–H groups in total. The lowest BCUT2D eigenvalue weighted by Gasteiger charge is -2.30. The summed E-state index contributed by atoms with van der Waals surface area (Å²) < 4.78 is 13.2. The fourth-order valence-corrected chi connectivity index (χ4v) is 4.15. The molecule has 0 aliphatic heterocycles. The van der Waals surface area contributed by atoms with Crippen LogP contribution in [-0.2, 0) is 22.6 Å². The van der Waals surface area contributed by atoms with Gasteiger partial charge in [0.05, 0.1) is 6.42 Å². The number of carbonyl (C=O) groups excluding carboxylic acids is 2. The Morgan fingerprint density at radius 3 is 2.43 bits per heavy atom. The molecule has 0 unspecified atom stereocenters. The molecule has 2 amide bonds. The lowest BCUT2D eigenvalue weighted by Crippen LogP contribution is -2.50. The van der Waals surface area contributed by atoms with Gasteiger partial charge in [-0.1, -0.05) is 54.2 Å². The fraction of sp³-hybridized carbons (Fsp3) is 0.391. The van der Waals surface area contributed by atoms with Gasteiger partial charge in [-0.3, -0.25) is 9.59 Å². The highest BCUT2D eigenvalue weighted by molar-refractivity contribution is 6.35. The standard InChI is InChI=1S/C23H25Cl2FN2O2/c1-15(23(30)27-20-4-2-3-5-20)28(14-17-8-9-18(24)13-21(17)25)22(29)12-16-6-10-19(26)11-7-16/h6-11,13,15,20H,2-5,12,14H2,1H3,(H,27,30)/t15-/m1/s1. The van der Waals surface area contributed by atoms with E-state index in [1.165, 1.54) is 17.0 Å². The third-order valence-electron chi connectivity index (χ3n) is 5.49. The van der Waals surface area contributed by atoms with E-state index in [9.17, 15) is 14.0 Å². The Bertz CT molecular complexity index is 899. The molecule has 7 heteroatoms. The molecule has 4 nitrogen and oxygen atoms in total. The summed E-state index contributed by atoms with van der Waals surface area (Å²) in [6, 6.07) is 10.3. The van der Waals surface area contributed by atoms with Crippen LogP contribution in [0.4, 0.5) is 4.39 Å². The second kappa shape index (κ2) is 10.3. The van der Waals surface area contributed by atoms with Crippen LogP contribution in [-0.4, -0.2) is 28.8 Å². The average molecular weight is 451 g/mol. The molecule has 2 aromatic carbocycles. The van der Waals surface area contributed by atoms with Gasteiger partial charge < -0.3 is 10.2 Å². The van der Waals surface area contributed by atoms with Crippen molar-refractivity contribution >= 4 is 35.0 Å². The highest BCUT2D eigenvalue weighted by Gasteiger charge is 2.29. The smallest absolute Gasteiger partial charge is 0.242 e. The highest BCUT2D eigenvalue weighted by atomic mass is 35.5. The Balaban J connectivity index is 1.79. The maximum atomic E-state index is 13.2. The van der Waals surface area contributed by atoms with Crippen LogP contribution in [0, 0.1) is 5.82 Å². The van der Waals surface area contributed by atoms with Crippen LogP contribution in [0.25, 0.3) is 0 Å². The molecule has 30 heavy (non-hydrogen) atoms. The summed E-state index contributed by atoms with van der Waals surface area (Å²) in [5, 5.41) is 3.99. The monoisotopic (exact) mass is 450 g/mol. The molecule has 1 atom stereocenters. The van der Waals surface area contributed by atoms with E-state index < -0.39 is 6.04 Å². The highest BCUT2D eigenvalue weighted by Crippen LogP contribution is 2.24. The van der Waals surface area contributed by atoms with Crippen molar-refractivity contribution in [2.24, 2.45) is 0 Å². The number of halogens is 3. The summed E-state index contributed by atoms with van der Waals surface area (Å²) >= 11 is 12.3. The molecule has 3 rings (SSSR count). The number of rotatable bonds is 7. The van der Waals surface area contributed by atoms with Gasteiger partial charge in [-0.15, -0.1) is 0 Å². The van der Waals surface area contributed by atoms with Crippen LogP contribution in [0.1, 0.15) is 43.7 Å². The summed E-state index contributed by atoms with van der Waals surface area (Å²) in [4.78, 5) is 27.5. The molecule has 1 saturated carbocycles. The van der Waals surface area contributed by atoms with Gasteiger partial charge in [0.15, 0.2) is 0 Å². The number of benzene rings is 2. The maximum Gasteiger partial charge on any atom is 0.242 e. The summed E-state index contributed by atoms with van der Waals surface area (Å²) in [6.07, 6.45) is 4.20. The lowest BCUT2D eigenvalue weighted by atomic mass is 10.1. The molecule has 0 spiro atoms. The molecule has 0 heterocycles. The van der Waals surface area contributed by atoms with E-state index in [1.807, 2.05) is 0 Å². The lowest BCUT2D eigenvalue weighted by molar-refractivity contribution is -0.140. The van der Waals surface area contributed by atoms with Gasteiger partial charge in [0.2, 0.25) is 11.8 Å². The van der Waals surface area contributed by atoms with Crippen molar-refractivity contribution in [2.45, 2.75) is 57.7 Å². The summed E-state index contributed by atoms with van der Waals surface area (Å²) in [5.41, 5.74) is 1.38. The molecule has 0 bridgehead atoms. The SMILES string of the molecule is C[C@H](C(=O)NC1CCCC1)N(Cc1ccc(Cl)cc1Cl)C(=O)Cc1ccc(F)cc1. The maximum absolute atomic E-state index is 13.2. The minimum Gasteiger partial charge on any atom is -0.352 e. The summed E-state index contributed by atoms with van der Waals surface area (Å²) in [5.74, 6) is -0.776. The molecule has 1 fully saturated rings. The second-order valence-corrected chi connectivity index (χ2v) is 8.57. The molecule has 2 aromatic rings. The molecular weight excluding hydrogens is 426 g/mol. The third-order valence-corrected chi connectivity index (χ3v) is 6.08. The number of amides is 2. The molecule has 0 aromatic heterocycles. The van der Waals surface area contributed by atoms with Crippen LogP contribution >= 0.6 is 23.2 Å². The molecule has 160 valence electrons. The number of hydrogen-bond donors (Lipinski definition) is 1. The van der Waals surface area contributed by atoms with Crippen LogP contribution in [0.15, 0.2) is 42.5 Å². The van der Waals surface area contributed by atoms with Crippen molar-refractivity contribution in [2.75, 3.05) is 0 Å². The minimum atomic E-state index is -0.676. The number of carbonyl (C=O) groups is 2. The van der Waals surface area contributed by atoms with Crippen molar-refractivity contribution < 1.29 is 14.0 Å². The second-order valence-electron chi connectivity index (χ2n) is 7.73. The quantitative estimate of drug-likeness (QED) is 0.633. The molecule has 1 aliphatic carbocycles. The Hall–Kier alpha value is -2.11. The normalized spacial score (nSPS) is 15.1. The Morgan fingerprint density at radius 2 is 1.80 bits per heavy atom. The Kier molecular flexibility index (Phi) is 7.73.